The van der Waals surface area contributed by atoms with Gasteiger partial charge in [0.05, 0.1) is 14.4 Å². The molecular formula is C15H12BrClN2OS2. The van der Waals surface area contributed by atoms with Gasteiger partial charge in [0.1, 0.15) is 0 Å². The minimum Gasteiger partial charge on any atom is -0.286 e. The second kappa shape index (κ2) is 6.74. The molecule has 1 aromatic heterocycles. The third kappa shape index (κ3) is 3.25. The lowest BCUT2D eigenvalue weighted by atomic mass is 10.2. The first-order valence-corrected chi connectivity index (χ1v) is 9.57. The van der Waals surface area contributed by atoms with Crippen LogP contribution in [0.5, 0.6) is 0 Å². The van der Waals surface area contributed by atoms with Crippen LogP contribution in [0.25, 0.3) is 0 Å². The number of halogens is 2. The van der Waals surface area contributed by atoms with Crippen molar-refractivity contribution >= 4 is 67.4 Å². The largest absolute Gasteiger partial charge is 0.286 e. The number of carbonyl (C=O) groups is 1. The van der Waals surface area contributed by atoms with Crippen molar-refractivity contribution in [1.29, 1.82) is 0 Å². The number of thiophene rings is 1. The summed E-state index contributed by atoms with van der Waals surface area (Å²) in [5, 5.41) is 1.42. The summed E-state index contributed by atoms with van der Waals surface area (Å²) in [4.78, 5) is 19.7. The van der Waals surface area contributed by atoms with Gasteiger partial charge in [-0.1, -0.05) is 29.4 Å². The van der Waals surface area contributed by atoms with Crippen LogP contribution in [-0.2, 0) is 0 Å². The summed E-state index contributed by atoms with van der Waals surface area (Å²) in [5.74, 6) is 0.857. The van der Waals surface area contributed by atoms with Crippen LogP contribution >= 0.6 is 50.6 Å². The molecule has 114 valence electrons. The Labute approximate surface area is 150 Å². The monoisotopic (exact) mass is 414 g/mol. The van der Waals surface area contributed by atoms with Crippen LogP contribution in [0.1, 0.15) is 15.2 Å². The second-order valence-electron chi connectivity index (χ2n) is 4.69. The fourth-order valence-corrected chi connectivity index (χ4v) is 4.52. The predicted octanol–water partition coefficient (Wildman–Crippen LogP) is 5.35. The molecule has 1 saturated heterocycles. The molecule has 3 nitrogen and oxygen atoms in total. The first-order valence-electron chi connectivity index (χ1n) is 6.60. The maximum Gasteiger partial charge on any atom is 0.269 e. The number of hydrogen-bond acceptors (Lipinski definition) is 4. The number of rotatable bonds is 2. The van der Waals surface area contributed by atoms with E-state index >= 15 is 0 Å². The Hall–Kier alpha value is -0.820. The van der Waals surface area contributed by atoms with Crippen LogP contribution in [-0.4, -0.2) is 28.3 Å². The van der Waals surface area contributed by atoms with Crippen LogP contribution in [0.15, 0.2) is 39.1 Å². The minimum absolute atomic E-state index is 0.000805. The zero-order valence-electron chi connectivity index (χ0n) is 11.7. The van der Waals surface area contributed by atoms with Crippen LogP contribution in [0.2, 0.25) is 5.02 Å². The molecule has 0 atom stereocenters. The summed E-state index contributed by atoms with van der Waals surface area (Å²) in [6, 6.07) is 9.35. The van der Waals surface area contributed by atoms with E-state index in [1.54, 1.807) is 16.7 Å². The fraction of sp³-hybridized carbons (Fsp3) is 0.200. The molecule has 0 spiro atoms. The first kappa shape index (κ1) is 16.1. The Bertz CT molecular complexity index is 760. The summed E-state index contributed by atoms with van der Waals surface area (Å²) in [7, 11) is 0. The summed E-state index contributed by atoms with van der Waals surface area (Å²) >= 11 is 12.6. The number of benzene rings is 1. The van der Waals surface area contributed by atoms with Crippen molar-refractivity contribution in [3.63, 3.8) is 0 Å². The van der Waals surface area contributed by atoms with Gasteiger partial charge in [0, 0.05) is 17.3 Å². The van der Waals surface area contributed by atoms with E-state index < -0.39 is 0 Å². The lowest BCUT2D eigenvalue weighted by molar-refractivity contribution is 0.0864. The van der Waals surface area contributed by atoms with Gasteiger partial charge in [0.2, 0.25) is 0 Å². The zero-order chi connectivity index (χ0) is 15.7. The average Bonchev–Trinajstić information content (AvgIpc) is 3.12. The molecule has 3 rings (SSSR count). The molecule has 1 aliphatic rings. The Morgan fingerprint density at radius 1 is 1.36 bits per heavy atom. The number of amides is 1. The van der Waals surface area contributed by atoms with Crippen molar-refractivity contribution in [2.75, 3.05) is 12.3 Å². The smallest absolute Gasteiger partial charge is 0.269 e. The molecule has 22 heavy (non-hydrogen) atoms. The molecular weight excluding hydrogens is 404 g/mol. The highest BCUT2D eigenvalue weighted by Gasteiger charge is 2.27. The molecule has 0 aliphatic carbocycles. The lowest BCUT2D eigenvalue weighted by Gasteiger charge is -2.15. The maximum absolute atomic E-state index is 12.6. The SMILES string of the molecule is Cc1c(Cl)cccc1N=C1SCCN1C(=O)c1ccc(Br)s1. The number of aliphatic imine (C=N–C) groups is 1. The Balaban J connectivity index is 1.91. The van der Waals surface area contributed by atoms with Crippen molar-refractivity contribution in [3.05, 3.63) is 49.6 Å². The second-order valence-corrected chi connectivity index (χ2v) is 8.62. The molecule has 0 bridgehead atoms. The van der Waals surface area contributed by atoms with Crippen LogP contribution in [0, 0.1) is 6.92 Å². The first-order chi connectivity index (χ1) is 10.6. The highest BCUT2D eigenvalue weighted by Crippen LogP contribution is 2.31. The Morgan fingerprint density at radius 2 is 2.18 bits per heavy atom. The Kier molecular flexibility index (Phi) is 4.92. The quantitative estimate of drug-likeness (QED) is 0.662. The number of thioether (sulfide) groups is 1. The molecule has 1 fully saturated rings. The van der Waals surface area contributed by atoms with Gasteiger partial charge < -0.3 is 0 Å². The lowest BCUT2D eigenvalue weighted by Crippen LogP contribution is -2.31. The van der Waals surface area contributed by atoms with Crippen molar-refractivity contribution in [2.24, 2.45) is 4.99 Å². The molecule has 1 amide bonds. The molecule has 0 N–H and O–H groups in total. The fourth-order valence-electron chi connectivity index (χ4n) is 2.07. The molecule has 2 heterocycles. The maximum atomic E-state index is 12.6. The third-order valence-electron chi connectivity index (χ3n) is 3.26. The van der Waals surface area contributed by atoms with Crippen LogP contribution in [0.4, 0.5) is 5.69 Å². The number of hydrogen-bond donors (Lipinski definition) is 0. The van der Waals surface area contributed by atoms with E-state index in [4.69, 9.17) is 11.6 Å². The number of nitrogens with zero attached hydrogens (tertiary/aromatic N) is 2. The van der Waals surface area contributed by atoms with E-state index in [-0.39, 0.29) is 5.91 Å². The van der Waals surface area contributed by atoms with Gasteiger partial charge in [-0.15, -0.1) is 11.3 Å². The van der Waals surface area contributed by atoms with Crippen LogP contribution in [0.3, 0.4) is 0 Å². The van der Waals surface area contributed by atoms with E-state index in [2.05, 4.69) is 20.9 Å². The standard InChI is InChI=1S/C15H12BrClN2OS2/c1-9-10(17)3-2-4-11(9)18-15-19(7-8-21-15)14(20)12-5-6-13(16)22-12/h2-6H,7-8H2,1H3. The molecule has 7 heteroatoms. The van der Waals surface area contributed by atoms with E-state index in [0.29, 0.717) is 16.4 Å². The summed E-state index contributed by atoms with van der Waals surface area (Å²) < 4.78 is 0.951. The normalized spacial score (nSPS) is 16.5. The van der Waals surface area contributed by atoms with Gasteiger partial charge in [-0.2, -0.15) is 0 Å². The molecule has 0 unspecified atom stereocenters. The van der Waals surface area contributed by atoms with Crippen molar-refractivity contribution in [2.45, 2.75) is 6.92 Å². The van der Waals surface area contributed by atoms with Gasteiger partial charge >= 0.3 is 0 Å². The summed E-state index contributed by atoms with van der Waals surface area (Å²) in [6.45, 7) is 2.61. The Morgan fingerprint density at radius 3 is 2.91 bits per heavy atom. The van der Waals surface area contributed by atoms with Gasteiger partial charge in [-0.25, -0.2) is 4.99 Å². The molecule has 0 saturated carbocycles. The topological polar surface area (TPSA) is 32.7 Å². The zero-order valence-corrected chi connectivity index (χ0v) is 15.7. The third-order valence-corrected chi connectivity index (χ3v) is 6.24. The summed E-state index contributed by atoms with van der Waals surface area (Å²) in [5.41, 5.74) is 1.73. The van der Waals surface area contributed by atoms with Gasteiger partial charge in [-0.3, -0.25) is 9.69 Å². The predicted molar refractivity (Wildman–Crippen MR) is 98.8 cm³/mol. The highest BCUT2D eigenvalue weighted by atomic mass is 79.9. The van der Waals surface area contributed by atoms with E-state index in [1.165, 1.54) is 11.3 Å². The van der Waals surface area contributed by atoms with Gasteiger partial charge in [0.25, 0.3) is 5.91 Å². The highest BCUT2D eigenvalue weighted by molar-refractivity contribution is 9.11. The molecule has 1 aromatic carbocycles. The molecule has 0 radical (unpaired) electrons. The van der Waals surface area contributed by atoms with E-state index in [1.807, 2.05) is 37.3 Å². The summed E-state index contributed by atoms with van der Waals surface area (Å²) in [6.07, 6.45) is 0. The van der Waals surface area contributed by atoms with Gasteiger partial charge in [-0.05, 0) is 52.7 Å². The molecule has 1 aliphatic heterocycles. The molecule has 2 aromatic rings. The van der Waals surface area contributed by atoms with E-state index in [0.717, 1.165) is 26.0 Å². The van der Waals surface area contributed by atoms with Crippen molar-refractivity contribution in [1.82, 2.24) is 4.90 Å². The van der Waals surface area contributed by atoms with Gasteiger partial charge in [0.15, 0.2) is 5.17 Å². The van der Waals surface area contributed by atoms with Crippen LogP contribution < -0.4 is 0 Å². The van der Waals surface area contributed by atoms with Crippen molar-refractivity contribution in [3.8, 4) is 0 Å². The number of carbonyl (C=O) groups excluding carboxylic acids is 1. The van der Waals surface area contributed by atoms with Crippen molar-refractivity contribution < 1.29 is 4.79 Å². The minimum atomic E-state index is -0.000805. The average molecular weight is 416 g/mol. The number of amidine groups is 1. The van der Waals surface area contributed by atoms with E-state index in [9.17, 15) is 4.79 Å².